The van der Waals surface area contributed by atoms with Crippen LogP contribution in [0.15, 0.2) is 42.5 Å². The van der Waals surface area contributed by atoms with Crippen molar-refractivity contribution in [1.82, 2.24) is 15.3 Å². The molecular weight excluding hydrogens is 401 g/mol. The van der Waals surface area contributed by atoms with Gasteiger partial charge in [-0.1, -0.05) is 29.8 Å². The summed E-state index contributed by atoms with van der Waals surface area (Å²) in [6.07, 6.45) is 4.04. The molecule has 1 heterocycles. The molecule has 0 unspecified atom stereocenters. The Hall–Kier alpha value is -2.44. The Morgan fingerprint density at radius 1 is 1.00 bits per heavy atom. The van der Waals surface area contributed by atoms with Crippen molar-refractivity contribution in [1.29, 1.82) is 0 Å². The van der Waals surface area contributed by atoms with E-state index in [-0.39, 0.29) is 5.82 Å². The number of hydrogen-bond acceptors (Lipinski definition) is 5. The van der Waals surface area contributed by atoms with Crippen molar-refractivity contribution in [2.45, 2.75) is 44.3 Å². The van der Waals surface area contributed by atoms with Gasteiger partial charge < -0.3 is 15.5 Å². The molecule has 1 aliphatic carbocycles. The predicted octanol–water partition coefficient (Wildman–Crippen LogP) is 5.00. The first kappa shape index (κ1) is 20.8. The second-order valence-electron chi connectivity index (χ2n) is 8.06. The molecule has 7 heteroatoms. The van der Waals surface area contributed by atoms with E-state index in [0.717, 1.165) is 42.4 Å². The minimum atomic E-state index is -0.254. The van der Waals surface area contributed by atoms with Crippen molar-refractivity contribution in [2.24, 2.45) is 0 Å². The third-order valence-electron chi connectivity index (χ3n) is 5.70. The Morgan fingerprint density at radius 3 is 2.47 bits per heavy atom. The maximum absolute atomic E-state index is 14.0. The van der Waals surface area contributed by atoms with Gasteiger partial charge in [-0.05, 0) is 49.9 Å². The minimum absolute atomic E-state index is 0.254. The average Bonchev–Trinajstić information content (AvgIpc) is 2.74. The molecule has 0 radical (unpaired) electrons. The molecule has 0 atom stereocenters. The zero-order valence-electron chi connectivity index (χ0n) is 17.3. The quantitative estimate of drug-likeness (QED) is 0.579. The van der Waals surface area contributed by atoms with Gasteiger partial charge in [0.05, 0.1) is 5.52 Å². The van der Waals surface area contributed by atoms with Crippen LogP contribution in [0.3, 0.4) is 0 Å². The monoisotopic (exact) mass is 427 g/mol. The van der Waals surface area contributed by atoms with Crippen LogP contribution < -0.4 is 15.5 Å². The third-order valence-corrected chi connectivity index (χ3v) is 6.05. The van der Waals surface area contributed by atoms with Gasteiger partial charge in [0, 0.05) is 48.7 Å². The first-order chi connectivity index (χ1) is 14.5. The Bertz CT molecular complexity index is 997. The molecule has 158 valence electrons. The molecule has 0 bridgehead atoms. The highest BCUT2D eigenvalue weighted by Gasteiger charge is 2.22. The fourth-order valence-electron chi connectivity index (χ4n) is 4.04. The number of halogens is 2. The van der Waals surface area contributed by atoms with Gasteiger partial charge in [-0.2, -0.15) is 4.98 Å². The maximum atomic E-state index is 14.0. The van der Waals surface area contributed by atoms with Gasteiger partial charge in [0.25, 0.3) is 0 Å². The summed E-state index contributed by atoms with van der Waals surface area (Å²) in [6, 6.07) is 13.6. The molecule has 0 saturated heterocycles. The summed E-state index contributed by atoms with van der Waals surface area (Å²) < 4.78 is 14.0. The summed E-state index contributed by atoms with van der Waals surface area (Å²) in [6.45, 7) is 0.453. The lowest BCUT2D eigenvalue weighted by molar-refractivity contribution is 0.350. The van der Waals surface area contributed by atoms with Crippen LogP contribution in [-0.4, -0.2) is 36.1 Å². The van der Waals surface area contributed by atoms with Crippen molar-refractivity contribution in [3.63, 3.8) is 0 Å². The van der Waals surface area contributed by atoms with Crippen LogP contribution in [0.4, 0.5) is 16.2 Å². The molecule has 1 fully saturated rings. The minimum Gasteiger partial charge on any atom is -0.362 e. The summed E-state index contributed by atoms with van der Waals surface area (Å²) in [5, 5.41) is 8.51. The summed E-state index contributed by atoms with van der Waals surface area (Å²) in [7, 11) is 3.99. The van der Waals surface area contributed by atoms with Crippen molar-refractivity contribution in [3.05, 3.63) is 58.9 Å². The molecule has 1 saturated carbocycles. The number of fused-ring (bicyclic) bond motifs is 1. The normalized spacial score (nSPS) is 19.1. The molecule has 2 N–H and O–H groups in total. The van der Waals surface area contributed by atoms with Crippen LogP contribution in [0.2, 0.25) is 5.02 Å². The highest BCUT2D eigenvalue weighted by molar-refractivity contribution is 6.31. The molecule has 3 aromatic rings. The standard InChI is InChI=1S/C23H27ClFN5/c1-30(2)22-17-6-3-4-9-21(17)28-23(29-22)27-16-12-10-15(11-13-16)26-14-18-19(24)7-5-8-20(18)25/h3-9,15-16,26H,10-14H2,1-2H3,(H,27,28,29)/t15-,16+. The van der Waals surface area contributed by atoms with E-state index in [1.54, 1.807) is 12.1 Å². The number of hydrogen-bond donors (Lipinski definition) is 2. The van der Waals surface area contributed by atoms with Crippen LogP contribution in [0.5, 0.6) is 0 Å². The number of nitrogens with zero attached hydrogens (tertiary/aromatic N) is 3. The lowest BCUT2D eigenvalue weighted by atomic mass is 9.91. The molecular formula is C23H27ClFN5. The molecule has 0 amide bonds. The van der Waals surface area contributed by atoms with Gasteiger partial charge in [-0.15, -0.1) is 0 Å². The molecule has 1 aliphatic rings. The van der Waals surface area contributed by atoms with Crippen LogP contribution in [-0.2, 0) is 6.54 Å². The third kappa shape index (κ3) is 4.65. The Balaban J connectivity index is 1.36. The van der Waals surface area contributed by atoms with E-state index >= 15 is 0 Å². The molecule has 0 spiro atoms. The Kier molecular flexibility index (Phi) is 6.35. The van der Waals surface area contributed by atoms with Gasteiger partial charge in [-0.3, -0.25) is 0 Å². The van der Waals surface area contributed by atoms with E-state index < -0.39 is 0 Å². The summed E-state index contributed by atoms with van der Waals surface area (Å²) in [4.78, 5) is 11.5. The van der Waals surface area contributed by atoms with Gasteiger partial charge in [0.15, 0.2) is 0 Å². The molecule has 5 nitrogen and oxygen atoms in total. The van der Waals surface area contributed by atoms with E-state index in [0.29, 0.717) is 35.2 Å². The number of anilines is 2. The highest BCUT2D eigenvalue weighted by Crippen LogP contribution is 2.27. The Morgan fingerprint density at radius 2 is 1.73 bits per heavy atom. The summed E-state index contributed by atoms with van der Waals surface area (Å²) in [5.41, 5.74) is 1.48. The predicted molar refractivity (Wildman–Crippen MR) is 122 cm³/mol. The zero-order valence-corrected chi connectivity index (χ0v) is 18.1. The summed E-state index contributed by atoms with van der Waals surface area (Å²) >= 11 is 6.13. The van der Waals surface area contributed by atoms with Gasteiger partial charge in [0.2, 0.25) is 5.95 Å². The number of rotatable bonds is 6. The SMILES string of the molecule is CN(C)c1nc(N[C@H]2CC[C@@H](NCc3c(F)cccc3Cl)CC2)nc2ccccc12. The first-order valence-electron chi connectivity index (χ1n) is 10.4. The lowest BCUT2D eigenvalue weighted by Crippen LogP contribution is -2.37. The van der Waals surface area contributed by atoms with Crippen LogP contribution >= 0.6 is 11.6 Å². The van der Waals surface area contributed by atoms with Crippen molar-refractivity contribution in [3.8, 4) is 0 Å². The topological polar surface area (TPSA) is 53.1 Å². The number of nitrogens with one attached hydrogen (secondary N) is 2. The van der Waals surface area contributed by atoms with Crippen LogP contribution in [0.25, 0.3) is 10.9 Å². The maximum Gasteiger partial charge on any atom is 0.225 e. The second-order valence-corrected chi connectivity index (χ2v) is 8.46. The average molecular weight is 428 g/mol. The van der Waals surface area contributed by atoms with Gasteiger partial charge in [-0.25, -0.2) is 9.37 Å². The lowest BCUT2D eigenvalue weighted by Gasteiger charge is -2.30. The van der Waals surface area contributed by atoms with Gasteiger partial charge >= 0.3 is 0 Å². The highest BCUT2D eigenvalue weighted by atomic mass is 35.5. The first-order valence-corrected chi connectivity index (χ1v) is 10.8. The van der Waals surface area contributed by atoms with E-state index in [9.17, 15) is 4.39 Å². The van der Waals surface area contributed by atoms with Crippen molar-refractivity contribution < 1.29 is 4.39 Å². The van der Waals surface area contributed by atoms with Gasteiger partial charge in [0.1, 0.15) is 11.6 Å². The smallest absolute Gasteiger partial charge is 0.225 e. The van der Waals surface area contributed by atoms with Crippen molar-refractivity contribution >= 4 is 34.3 Å². The van der Waals surface area contributed by atoms with Crippen LogP contribution in [0, 0.1) is 5.82 Å². The molecule has 0 aliphatic heterocycles. The second kappa shape index (κ2) is 9.14. The van der Waals surface area contributed by atoms with Crippen LogP contribution in [0.1, 0.15) is 31.2 Å². The summed E-state index contributed by atoms with van der Waals surface area (Å²) in [5.74, 6) is 1.34. The number of para-hydroxylation sites is 1. The Labute approximate surface area is 181 Å². The number of aromatic nitrogens is 2. The molecule has 2 aromatic carbocycles. The van der Waals surface area contributed by atoms with Crippen molar-refractivity contribution in [2.75, 3.05) is 24.3 Å². The molecule has 30 heavy (non-hydrogen) atoms. The van der Waals surface area contributed by atoms with E-state index in [4.69, 9.17) is 21.6 Å². The van der Waals surface area contributed by atoms with E-state index in [2.05, 4.69) is 10.6 Å². The largest absolute Gasteiger partial charge is 0.362 e. The fourth-order valence-corrected chi connectivity index (χ4v) is 4.27. The van der Waals surface area contributed by atoms with E-state index in [1.165, 1.54) is 6.07 Å². The van der Waals surface area contributed by atoms with E-state index in [1.807, 2.05) is 43.3 Å². The molecule has 4 rings (SSSR count). The number of benzene rings is 2. The zero-order chi connectivity index (χ0) is 21.1. The molecule has 1 aromatic heterocycles. The fraction of sp³-hybridized carbons (Fsp3) is 0.391.